The molecule has 150 valence electrons. The van der Waals surface area contributed by atoms with Crippen LogP contribution in [0.5, 0.6) is 0 Å². The minimum absolute atomic E-state index is 0.130. The van der Waals surface area contributed by atoms with E-state index in [1.165, 1.54) is 12.1 Å². The lowest BCUT2D eigenvalue weighted by atomic mass is 9.93. The molecule has 31 heavy (non-hydrogen) atoms. The third-order valence-corrected chi connectivity index (χ3v) is 5.39. The number of anilines is 1. The highest BCUT2D eigenvalue weighted by Crippen LogP contribution is 2.36. The van der Waals surface area contributed by atoms with Gasteiger partial charge in [0.2, 0.25) is 0 Å². The van der Waals surface area contributed by atoms with Gasteiger partial charge in [-0.3, -0.25) is 19.7 Å². The topological polar surface area (TPSA) is 84.4 Å². The summed E-state index contributed by atoms with van der Waals surface area (Å²) in [5.41, 5.74) is 1.94. The largest absolute Gasteiger partial charge is 0.277 e. The van der Waals surface area contributed by atoms with Crippen LogP contribution in [0.1, 0.15) is 26.3 Å². The van der Waals surface area contributed by atoms with Crippen LogP contribution in [0.25, 0.3) is 10.8 Å². The highest BCUT2D eigenvalue weighted by atomic mass is 16.6. The predicted molar refractivity (Wildman–Crippen MR) is 114 cm³/mol. The summed E-state index contributed by atoms with van der Waals surface area (Å²) in [6.45, 7) is 0.587. The predicted octanol–water partition coefficient (Wildman–Crippen LogP) is 3.88. The highest BCUT2D eigenvalue weighted by Gasteiger charge is 2.36. The number of carbonyl (C=O) groups is 2. The number of imide groups is 1. The van der Waals surface area contributed by atoms with Crippen molar-refractivity contribution in [3.8, 4) is 0 Å². The van der Waals surface area contributed by atoms with Crippen LogP contribution in [0.2, 0.25) is 0 Å². The van der Waals surface area contributed by atoms with Crippen LogP contribution in [0, 0.1) is 10.1 Å². The van der Waals surface area contributed by atoms with Crippen molar-refractivity contribution in [1.82, 2.24) is 0 Å². The minimum Gasteiger partial charge on any atom is -0.268 e. The van der Waals surface area contributed by atoms with Gasteiger partial charge in [0.25, 0.3) is 17.5 Å². The number of non-ortho nitro benzene ring substituents is 1. The van der Waals surface area contributed by atoms with E-state index >= 15 is 0 Å². The molecular formula is C24H16N3O4+. The number of amides is 2. The molecule has 0 spiro atoms. The first-order valence-electron chi connectivity index (χ1n) is 9.66. The van der Waals surface area contributed by atoms with Gasteiger partial charge in [0, 0.05) is 34.2 Å². The van der Waals surface area contributed by atoms with E-state index in [2.05, 4.69) is 0 Å². The van der Waals surface area contributed by atoms with E-state index in [4.69, 9.17) is 0 Å². The molecule has 7 nitrogen and oxygen atoms in total. The first kappa shape index (κ1) is 18.6. The molecule has 0 saturated heterocycles. The van der Waals surface area contributed by atoms with E-state index < -0.39 is 16.7 Å². The van der Waals surface area contributed by atoms with Crippen LogP contribution in [0.4, 0.5) is 11.4 Å². The Morgan fingerprint density at radius 2 is 1.58 bits per heavy atom. The van der Waals surface area contributed by atoms with Gasteiger partial charge in [0.15, 0.2) is 18.9 Å². The van der Waals surface area contributed by atoms with E-state index in [1.807, 2.05) is 41.1 Å². The van der Waals surface area contributed by atoms with Crippen molar-refractivity contribution in [2.45, 2.75) is 6.54 Å². The molecule has 4 aromatic rings. The molecule has 2 heterocycles. The van der Waals surface area contributed by atoms with Gasteiger partial charge < -0.3 is 0 Å². The number of benzene rings is 3. The molecule has 7 heteroatoms. The second-order valence-corrected chi connectivity index (χ2v) is 7.28. The molecule has 5 rings (SSSR count). The number of nitrogens with zero attached hydrogens (tertiary/aromatic N) is 3. The molecule has 2 amide bonds. The molecule has 0 N–H and O–H groups in total. The number of rotatable bonds is 4. The van der Waals surface area contributed by atoms with E-state index in [0.717, 1.165) is 10.5 Å². The van der Waals surface area contributed by atoms with Crippen LogP contribution in [0.3, 0.4) is 0 Å². The van der Waals surface area contributed by atoms with Crippen LogP contribution >= 0.6 is 0 Å². The van der Waals surface area contributed by atoms with Crippen LogP contribution in [0.15, 0.2) is 85.2 Å². The summed E-state index contributed by atoms with van der Waals surface area (Å²) in [4.78, 5) is 38.6. The Bertz CT molecular complexity index is 1360. The maximum atomic E-state index is 13.3. The number of hydrogen-bond acceptors (Lipinski definition) is 4. The van der Waals surface area contributed by atoms with E-state index in [9.17, 15) is 19.7 Å². The maximum absolute atomic E-state index is 13.3. The zero-order valence-corrected chi connectivity index (χ0v) is 16.3. The van der Waals surface area contributed by atoms with Gasteiger partial charge in [-0.2, -0.15) is 4.57 Å². The van der Waals surface area contributed by atoms with E-state index in [-0.39, 0.29) is 22.2 Å². The average molecular weight is 410 g/mol. The second-order valence-electron chi connectivity index (χ2n) is 7.28. The van der Waals surface area contributed by atoms with Gasteiger partial charge >= 0.3 is 0 Å². The van der Waals surface area contributed by atoms with Crippen molar-refractivity contribution in [3.63, 3.8) is 0 Å². The molecule has 0 atom stereocenters. The van der Waals surface area contributed by atoms with Crippen LogP contribution < -0.4 is 9.47 Å². The molecule has 0 radical (unpaired) electrons. The van der Waals surface area contributed by atoms with Crippen LogP contribution in [-0.4, -0.2) is 16.7 Å². The fourth-order valence-electron chi connectivity index (χ4n) is 4.01. The molecule has 0 saturated carbocycles. The monoisotopic (exact) mass is 410 g/mol. The van der Waals surface area contributed by atoms with Gasteiger partial charge in [0.1, 0.15) is 5.69 Å². The fourth-order valence-corrected chi connectivity index (χ4v) is 4.01. The number of nitro groups is 1. The Hall–Kier alpha value is -4.39. The SMILES string of the molecule is O=C1c2cccc3c([N+](=O)[O-])ccc(c23)C(=O)N1c1ccc[n+](Cc2ccccc2)c1. The number of carbonyl (C=O) groups excluding carboxylic acids is 2. The highest BCUT2D eigenvalue weighted by molar-refractivity contribution is 6.36. The summed E-state index contributed by atoms with van der Waals surface area (Å²) >= 11 is 0. The maximum Gasteiger partial charge on any atom is 0.277 e. The van der Waals surface area contributed by atoms with Crippen molar-refractivity contribution in [2.24, 2.45) is 0 Å². The third kappa shape index (κ3) is 3.03. The summed E-state index contributed by atoms with van der Waals surface area (Å²) in [6, 6.07) is 20.8. The lowest BCUT2D eigenvalue weighted by Gasteiger charge is -2.26. The Kier molecular flexibility index (Phi) is 4.29. The summed E-state index contributed by atoms with van der Waals surface area (Å²) in [5, 5.41) is 12.0. The first-order chi connectivity index (χ1) is 15.0. The van der Waals surface area contributed by atoms with Crippen molar-refractivity contribution < 1.29 is 19.1 Å². The Morgan fingerprint density at radius 1 is 0.839 bits per heavy atom. The number of hydrogen-bond donors (Lipinski definition) is 0. The number of nitro benzene ring substituents is 1. The quantitative estimate of drug-likeness (QED) is 0.221. The van der Waals surface area contributed by atoms with Crippen LogP contribution in [-0.2, 0) is 6.54 Å². The van der Waals surface area contributed by atoms with Crippen molar-refractivity contribution in [3.05, 3.63) is 112 Å². The van der Waals surface area contributed by atoms with Gasteiger partial charge in [-0.25, -0.2) is 4.90 Å². The lowest BCUT2D eigenvalue weighted by molar-refractivity contribution is -0.687. The fraction of sp³-hybridized carbons (Fsp3) is 0.0417. The molecule has 0 bridgehead atoms. The van der Waals surface area contributed by atoms with Crippen molar-refractivity contribution in [2.75, 3.05) is 4.90 Å². The zero-order chi connectivity index (χ0) is 21.5. The second kappa shape index (κ2) is 7.14. The minimum atomic E-state index is -0.506. The van der Waals surface area contributed by atoms with E-state index in [1.54, 1.807) is 36.5 Å². The van der Waals surface area contributed by atoms with Gasteiger partial charge in [-0.05, 0) is 24.3 Å². The molecule has 3 aromatic carbocycles. The molecule has 0 aliphatic carbocycles. The van der Waals surface area contributed by atoms with Crippen molar-refractivity contribution >= 4 is 34.0 Å². The van der Waals surface area contributed by atoms with Gasteiger partial charge in [-0.15, -0.1) is 0 Å². The van der Waals surface area contributed by atoms with Gasteiger partial charge in [-0.1, -0.05) is 36.4 Å². The number of aromatic nitrogens is 1. The normalized spacial score (nSPS) is 13.0. The zero-order valence-electron chi connectivity index (χ0n) is 16.3. The third-order valence-electron chi connectivity index (χ3n) is 5.39. The molecule has 1 aliphatic heterocycles. The number of pyridine rings is 1. The van der Waals surface area contributed by atoms with Gasteiger partial charge in [0.05, 0.1) is 10.3 Å². The smallest absolute Gasteiger partial charge is 0.268 e. The summed E-state index contributed by atoms with van der Waals surface area (Å²) < 4.78 is 1.90. The molecular weight excluding hydrogens is 394 g/mol. The Balaban J connectivity index is 1.60. The summed E-state index contributed by atoms with van der Waals surface area (Å²) in [7, 11) is 0. The Labute approximate surface area is 176 Å². The lowest BCUT2D eigenvalue weighted by Crippen LogP contribution is -2.42. The summed E-state index contributed by atoms with van der Waals surface area (Å²) in [6.07, 6.45) is 3.62. The molecule has 0 unspecified atom stereocenters. The first-order valence-corrected chi connectivity index (χ1v) is 9.66. The molecule has 1 aliphatic rings. The summed E-state index contributed by atoms with van der Waals surface area (Å²) in [5.74, 6) is -0.998. The van der Waals surface area contributed by atoms with Crippen molar-refractivity contribution in [1.29, 1.82) is 0 Å². The molecule has 1 aromatic heterocycles. The molecule has 0 fully saturated rings. The average Bonchev–Trinajstić information content (AvgIpc) is 2.78. The van der Waals surface area contributed by atoms with E-state index in [0.29, 0.717) is 17.6 Å². The standard InChI is InChI=1S/C24H16N3O4/c28-23-19-10-4-9-18-21(27(30)31)12-11-20(22(18)19)24(29)26(23)17-8-5-13-25(15-17)14-16-6-2-1-3-7-16/h1-13,15H,14H2/q+1. The Morgan fingerprint density at radius 3 is 2.32 bits per heavy atom.